The number of carbonyl (C=O) groups excluding carboxylic acids is 5. The number of fused-ring (bicyclic) bond motifs is 1. The Hall–Kier alpha value is -6.38. The number of rotatable bonds is 7. The second kappa shape index (κ2) is 18.8. The van der Waals surface area contributed by atoms with Gasteiger partial charge in [0.2, 0.25) is 29.5 Å². The summed E-state index contributed by atoms with van der Waals surface area (Å²) in [5.74, 6) is -1.74. The normalized spacial score (nSPS) is 20.5. The quantitative estimate of drug-likeness (QED) is 0.109. The zero-order valence-corrected chi connectivity index (χ0v) is 31.1. The van der Waals surface area contributed by atoms with Gasteiger partial charge in [-0.15, -0.1) is 0 Å². The molecule has 290 valence electrons. The van der Waals surface area contributed by atoms with Crippen molar-refractivity contribution in [3.8, 4) is 0 Å². The molecule has 0 unspecified atom stereocenters. The molecule has 14 nitrogen and oxygen atoms in total. The van der Waals surface area contributed by atoms with Crippen LogP contribution in [0.15, 0.2) is 103 Å². The van der Waals surface area contributed by atoms with Crippen LogP contribution in [0.4, 0.5) is 11.4 Å². The number of piperazine rings is 1. The van der Waals surface area contributed by atoms with Crippen molar-refractivity contribution in [2.75, 3.05) is 49.9 Å². The predicted molar refractivity (Wildman–Crippen MR) is 214 cm³/mol. The number of nitrogens with one attached hydrogen (secondary N) is 6. The summed E-state index contributed by atoms with van der Waals surface area (Å²) in [5, 5.41) is 22.2. The fourth-order valence-corrected chi connectivity index (χ4v) is 6.66. The lowest BCUT2D eigenvalue weighted by Gasteiger charge is -2.33. The van der Waals surface area contributed by atoms with Crippen LogP contribution in [0.1, 0.15) is 27.8 Å². The van der Waals surface area contributed by atoms with Crippen LogP contribution in [0.25, 0.3) is 0 Å². The van der Waals surface area contributed by atoms with Crippen LogP contribution in [0.5, 0.6) is 0 Å². The summed E-state index contributed by atoms with van der Waals surface area (Å²) >= 11 is 0. The Morgan fingerprint density at radius 1 is 0.696 bits per heavy atom. The highest BCUT2D eigenvalue weighted by Gasteiger charge is 2.28. The fraction of sp³-hybridized carbons (Fsp3) is 0.286. The van der Waals surface area contributed by atoms with E-state index >= 15 is 0 Å². The van der Waals surface area contributed by atoms with Crippen LogP contribution in [0, 0.1) is 5.41 Å². The summed E-state index contributed by atoms with van der Waals surface area (Å²) in [4.78, 5) is 71.3. The van der Waals surface area contributed by atoms with Crippen molar-refractivity contribution >= 4 is 46.7 Å². The van der Waals surface area contributed by atoms with Crippen LogP contribution in [-0.4, -0.2) is 96.5 Å². The summed E-state index contributed by atoms with van der Waals surface area (Å²) in [6.07, 6.45) is 0.300. The monoisotopic (exact) mass is 757 g/mol. The molecule has 6 aliphatic rings. The van der Waals surface area contributed by atoms with Crippen molar-refractivity contribution < 1.29 is 24.0 Å². The van der Waals surface area contributed by atoms with Gasteiger partial charge in [-0.1, -0.05) is 78.9 Å². The minimum Gasteiger partial charge on any atom is -0.384 e. The standard InChI is InChI=1S/C42H47N9O5/c43-40(44)32-12-6-31(7-13-32)25-45-41(55)35-22-29-8-14-33(15-9-29)46-38(53)26-50-18-20-51(21-19-50)27-39(54)47-34-16-10-30(11-17-34)23-36(42(56)49-35)48-37(52)24-28-4-2-1-3-5-28/h1-17,35-36H,18-27H2,(H3,43,44)(H,45,55)(H,46,53)(H,47,54)(H,48,52)(H,49,56)/t35-,36+/m0/s1. The first-order valence-electron chi connectivity index (χ1n) is 18.6. The summed E-state index contributed by atoms with van der Waals surface area (Å²) in [5.41, 5.74) is 10.4. The van der Waals surface area contributed by atoms with E-state index in [1.165, 1.54) is 0 Å². The Balaban J connectivity index is 1.25. The number of amides is 5. The highest BCUT2D eigenvalue weighted by atomic mass is 16.2. The average molecular weight is 758 g/mol. The van der Waals surface area contributed by atoms with Gasteiger partial charge >= 0.3 is 0 Å². The molecule has 14 heteroatoms. The number of carbonyl (C=O) groups is 5. The van der Waals surface area contributed by atoms with Crippen molar-refractivity contribution in [1.29, 1.82) is 5.41 Å². The van der Waals surface area contributed by atoms with Gasteiger partial charge in [-0.05, 0) is 46.5 Å². The van der Waals surface area contributed by atoms with Gasteiger partial charge in [0, 0.05) is 62.5 Å². The molecule has 0 spiro atoms. The summed E-state index contributed by atoms with van der Waals surface area (Å²) in [7, 11) is 0. The number of hydrogen-bond donors (Lipinski definition) is 7. The molecule has 2 atom stereocenters. The summed E-state index contributed by atoms with van der Waals surface area (Å²) in [6, 6.07) is 28.3. The third-order valence-electron chi connectivity index (χ3n) is 9.78. The van der Waals surface area contributed by atoms with E-state index in [1.807, 2.05) is 30.3 Å². The van der Waals surface area contributed by atoms with E-state index in [4.69, 9.17) is 11.1 Å². The molecule has 6 heterocycles. The highest BCUT2D eigenvalue weighted by molar-refractivity contribution is 5.95. The minimum atomic E-state index is -1.04. The van der Waals surface area contributed by atoms with Crippen molar-refractivity contribution in [3.05, 3.63) is 131 Å². The van der Waals surface area contributed by atoms with Crippen LogP contribution < -0.4 is 32.3 Å². The van der Waals surface area contributed by atoms with E-state index in [0.29, 0.717) is 43.1 Å². The van der Waals surface area contributed by atoms with E-state index in [1.54, 1.807) is 72.8 Å². The maximum atomic E-state index is 14.2. The molecule has 5 amide bonds. The zero-order chi connectivity index (χ0) is 39.4. The van der Waals surface area contributed by atoms with Gasteiger partial charge in [-0.25, -0.2) is 0 Å². The highest BCUT2D eigenvalue weighted by Crippen LogP contribution is 2.16. The van der Waals surface area contributed by atoms with Gasteiger partial charge in [0.25, 0.3) is 0 Å². The van der Waals surface area contributed by atoms with Gasteiger partial charge in [0.05, 0.1) is 19.5 Å². The van der Waals surface area contributed by atoms with Crippen LogP contribution in [0.2, 0.25) is 0 Å². The lowest BCUT2D eigenvalue weighted by molar-refractivity contribution is -0.132. The molecule has 8 N–H and O–H groups in total. The molecule has 0 radical (unpaired) electrons. The van der Waals surface area contributed by atoms with E-state index in [9.17, 15) is 24.0 Å². The molecule has 1 fully saturated rings. The number of amidine groups is 1. The lowest BCUT2D eigenvalue weighted by Crippen LogP contribution is -2.55. The average Bonchev–Trinajstić information content (AvgIpc) is 3.18. The molecular weight excluding hydrogens is 711 g/mol. The third-order valence-corrected chi connectivity index (χ3v) is 9.78. The minimum absolute atomic E-state index is 0.0554. The molecule has 6 bridgehead atoms. The Bertz CT molecular complexity index is 2010. The van der Waals surface area contributed by atoms with Crippen molar-refractivity contribution in [2.45, 2.75) is 37.9 Å². The predicted octanol–water partition coefficient (Wildman–Crippen LogP) is 1.79. The summed E-state index contributed by atoms with van der Waals surface area (Å²) < 4.78 is 0. The van der Waals surface area contributed by atoms with Crippen LogP contribution in [0.3, 0.4) is 0 Å². The van der Waals surface area contributed by atoms with E-state index in [2.05, 4.69) is 36.4 Å². The van der Waals surface area contributed by atoms with Crippen molar-refractivity contribution in [1.82, 2.24) is 25.8 Å². The second-order valence-electron chi connectivity index (χ2n) is 14.1. The van der Waals surface area contributed by atoms with Crippen molar-refractivity contribution in [3.63, 3.8) is 0 Å². The molecule has 4 aromatic rings. The molecule has 0 aromatic heterocycles. The first-order chi connectivity index (χ1) is 27.1. The maximum absolute atomic E-state index is 14.2. The Labute approximate surface area is 325 Å². The first kappa shape index (κ1) is 39.3. The topological polar surface area (TPSA) is 202 Å². The van der Waals surface area contributed by atoms with Gasteiger partial charge in [0.1, 0.15) is 17.9 Å². The number of benzene rings is 4. The van der Waals surface area contributed by atoms with E-state index in [-0.39, 0.29) is 62.5 Å². The van der Waals surface area contributed by atoms with Crippen molar-refractivity contribution in [2.24, 2.45) is 5.73 Å². The van der Waals surface area contributed by atoms with Gasteiger partial charge < -0.3 is 32.3 Å². The van der Waals surface area contributed by atoms with Gasteiger partial charge in [-0.3, -0.25) is 39.2 Å². The molecule has 4 aromatic carbocycles. The Morgan fingerprint density at radius 2 is 1.23 bits per heavy atom. The second-order valence-corrected chi connectivity index (χ2v) is 14.1. The largest absolute Gasteiger partial charge is 0.384 e. The number of nitrogens with zero attached hydrogens (tertiary/aromatic N) is 2. The maximum Gasteiger partial charge on any atom is 0.243 e. The third kappa shape index (κ3) is 11.6. The van der Waals surface area contributed by atoms with E-state index in [0.717, 1.165) is 22.3 Å². The molecular formula is C42H47N9O5. The van der Waals surface area contributed by atoms with Crippen LogP contribution >= 0.6 is 0 Å². The molecule has 0 saturated carbocycles. The number of nitrogens with two attached hydrogens (primary N) is 1. The van der Waals surface area contributed by atoms with Crippen LogP contribution in [-0.2, 0) is 49.8 Å². The number of anilines is 2. The fourth-order valence-electron chi connectivity index (χ4n) is 6.66. The Kier molecular flexibility index (Phi) is 13.2. The lowest BCUT2D eigenvalue weighted by atomic mass is 10.0. The number of hydrogen-bond acceptors (Lipinski definition) is 8. The smallest absolute Gasteiger partial charge is 0.243 e. The molecule has 0 aliphatic carbocycles. The molecule has 56 heavy (non-hydrogen) atoms. The van der Waals surface area contributed by atoms with Gasteiger partial charge in [-0.2, -0.15) is 0 Å². The number of nitrogen functional groups attached to an aromatic ring is 1. The Morgan fingerprint density at radius 3 is 1.77 bits per heavy atom. The molecule has 10 rings (SSSR count). The SMILES string of the molecule is N=C(N)c1ccc(CNC(=O)[C@@H]2Cc3ccc(cc3)NC(=O)CN3CCN(CC3)CC(=O)Nc3ccc(cc3)C[C@@H](NC(=O)Cc3ccccc3)C(=O)N2)cc1. The van der Waals surface area contributed by atoms with Gasteiger partial charge in [0.15, 0.2) is 0 Å². The molecule has 1 saturated heterocycles. The first-order valence-corrected chi connectivity index (χ1v) is 18.6. The van der Waals surface area contributed by atoms with E-state index < -0.39 is 23.9 Å². The molecule has 6 aliphatic heterocycles. The zero-order valence-electron chi connectivity index (χ0n) is 31.1. The summed E-state index contributed by atoms with van der Waals surface area (Å²) in [6.45, 7) is 3.17.